The van der Waals surface area contributed by atoms with Crippen LogP contribution < -0.4 is 9.64 Å². The number of furan rings is 1. The van der Waals surface area contributed by atoms with Gasteiger partial charge in [0.2, 0.25) is 0 Å². The van der Waals surface area contributed by atoms with Crippen LogP contribution in [0, 0.1) is 0 Å². The van der Waals surface area contributed by atoms with E-state index in [4.69, 9.17) is 9.15 Å². The van der Waals surface area contributed by atoms with Crippen LogP contribution in [0.4, 0.5) is 5.69 Å². The molecule has 0 saturated heterocycles. The number of carbonyl (C=O) groups is 1. The minimum Gasteiger partial charge on any atom is -0.496 e. The molecule has 31 heavy (non-hydrogen) atoms. The minimum atomic E-state index is -0.118. The van der Waals surface area contributed by atoms with E-state index in [-0.39, 0.29) is 5.91 Å². The summed E-state index contributed by atoms with van der Waals surface area (Å²) < 4.78 is 11.1. The van der Waals surface area contributed by atoms with Crippen molar-refractivity contribution in [3.05, 3.63) is 77.2 Å². The van der Waals surface area contributed by atoms with E-state index in [1.54, 1.807) is 37.1 Å². The highest BCUT2D eigenvalue weighted by Gasteiger charge is 2.28. The molecule has 0 N–H and O–H groups in total. The van der Waals surface area contributed by atoms with E-state index in [2.05, 4.69) is 36.1 Å². The van der Waals surface area contributed by atoms with Crippen molar-refractivity contribution in [2.75, 3.05) is 25.3 Å². The summed E-state index contributed by atoms with van der Waals surface area (Å²) in [5.74, 6) is 1.12. The molecule has 2 heterocycles. The molecule has 0 fully saturated rings. The fraction of sp³-hybridized carbons (Fsp3) is 0.320. The predicted octanol–water partition coefficient (Wildman–Crippen LogP) is 5.23. The Kier molecular flexibility index (Phi) is 6.28. The number of benzene rings is 2. The Bertz CT molecular complexity index is 1080. The molecule has 0 saturated carbocycles. The number of hydrogen-bond acceptors (Lipinski definition) is 5. The molecular weight excluding hydrogens is 408 g/mol. The summed E-state index contributed by atoms with van der Waals surface area (Å²) in [5, 5.41) is 0. The molecule has 0 radical (unpaired) electrons. The van der Waals surface area contributed by atoms with Crippen LogP contribution in [0.5, 0.6) is 5.75 Å². The fourth-order valence-electron chi connectivity index (χ4n) is 4.20. The molecule has 0 bridgehead atoms. The Morgan fingerprint density at radius 2 is 2.06 bits per heavy atom. The molecule has 162 valence electrons. The molecule has 1 atom stereocenters. The zero-order chi connectivity index (χ0) is 22.0. The van der Waals surface area contributed by atoms with Gasteiger partial charge in [-0.25, -0.2) is 0 Å². The van der Waals surface area contributed by atoms with Gasteiger partial charge in [0, 0.05) is 42.3 Å². The number of nitrogens with zero attached hydrogens (tertiary/aromatic N) is 2. The van der Waals surface area contributed by atoms with Gasteiger partial charge in [0.25, 0.3) is 5.91 Å². The molecule has 1 amide bonds. The Labute approximate surface area is 188 Å². The van der Waals surface area contributed by atoms with Gasteiger partial charge in [-0.1, -0.05) is 24.3 Å². The average Bonchev–Trinajstić information content (AvgIpc) is 3.37. The van der Waals surface area contributed by atoms with E-state index in [1.165, 1.54) is 11.3 Å². The first-order valence-electron chi connectivity index (χ1n) is 10.4. The normalized spacial score (nSPS) is 15.1. The van der Waals surface area contributed by atoms with E-state index in [0.717, 1.165) is 28.2 Å². The maximum absolute atomic E-state index is 13.2. The summed E-state index contributed by atoms with van der Waals surface area (Å²) in [6.07, 6.45) is 4.65. The molecule has 1 unspecified atom stereocenters. The number of amides is 1. The number of hydrogen-bond donors (Lipinski definition) is 0. The van der Waals surface area contributed by atoms with Crippen LogP contribution in [0.25, 0.3) is 0 Å². The first-order chi connectivity index (χ1) is 15.0. The molecule has 1 aromatic heterocycles. The molecule has 1 aliphatic rings. The predicted molar refractivity (Wildman–Crippen MR) is 125 cm³/mol. The highest BCUT2D eigenvalue weighted by Crippen LogP contribution is 2.34. The van der Waals surface area contributed by atoms with E-state index in [9.17, 15) is 4.79 Å². The minimum absolute atomic E-state index is 0.118. The van der Waals surface area contributed by atoms with Gasteiger partial charge in [0.1, 0.15) is 5.75 Å². The lowest BCUT2D eigenvalue weighted by Crippen LogP contribution is -2.31. The van der Waals surface area contributed by atoms with Gasteiger partial charge in [-0.2, -0.15) is 0 Å². The third-order valence-electron chi connectivity index (χ3n) is 5.84. The van der Waals surface area contributed by atoms with Gasteiger partial charge < -0.3 is 19.0 Å². The Hall–Kier alpha value is -2.86. The van der Waals surface area contributed by atoms with Crippen molar-refractivity contribution in [3.8, 4) is 5.75 Å². The SMILES string of the molecule is COc1cc(CN(C)C(=O)c2occc2CN2c3ccccc3CC2C)ccc1SC. The van der Waals surface area contributed by atoms with Gasteiger partial charge in [-0.15, -0.1) is 11.8 Å². The smallest absolute Gasteiger partial charge is 0.289 e. The first-order valence-corrected chi connectivity index (χ1v) is 11.6. The number of ether oxygens (including phenoxy) is 1. The molecule has 2 aromatic carbocycles. The van der Waals surface area contributed by atoms with E-state index in [0.29, 0.717) is 24.9 Å². The summed E-state index contributed by atoms with van der Waals surface area (Å²) in [6, 6.07) is 16.8. The summed E-state index contributed by atoms with van der Waals surface area (Å²) in [4.78, 5) is 18.3. The zero-order valence-corrected chi connectivity index (χ0v) is 19.2. The second kappa shape index (κ2) is 9.10. The molecule has 0 aliphatic carbocycles. The van der Waals surface area contributed by atoms with Crippen LogP contribution in [-0.4, -0.2) is 37.3 Å². The van der Waals surface area contributed by atoms with Gasteiger partial charge in [0.15, 0.2) is 5.76 Å². The second-order valence-corrected chi connectivity index (χ2v) is 8.78. The standard InChI is InChI=1S/C25H28N2O3S/c1-17-13-19-7-5-6-8-21(19)27(17)16-20-11-12-30-24(20)25(28)26(2)15-18-9-10-23(31-4)22(14-18)29-3/h5-12,14,17H,13,15-16H2,1-4H3. The Balaban J connectivity index is 1.50. The molecule has 1 aliphatic heterocycles. The summed E-state index contributed by atoms with van der Waals surface area (Å²) >= 11 is 1.64. The van der Waals surface area contributed by atoms with Crippen LogP contribution >= 0.6 is 11.8 Å². The molecule has 3 aromatic rings. The summed E-state index contributed by atoms with van der Waals surface area (Å²) in [6.45, 7) is 3.35. The van der Waals surface area contributed by atoms with Crippen molar-refractivity contribution < 1.29 is 13.9 Å². The van der Waals surface area contributed by atoms with E-state index >= 15 is 0 Å². The lowest BCUT2D eigenvalue weighted by Gasteiger charge is -2.25. The highest BCUT2D eigenvalue weighted by molar-refractivity contribution is 7.98. The van der Waals surface area contributed by atoms with Gasteiger partial charge in [-0.05, 0) is 55.0 Å². The summed E-state index contributed by atoms with van der Waals surface area (Å²) in [7, 11) is 3.47. The van der Waals surface area contributed by atoms with Crippen LogP contribution in [0.3, 0.4) is 0 Å². The lowest BCUT2D eigenvalue weighted by atomic mass is 10.1. The number of fused-ring (bicyclic) bond motifs is 1. The van der Waals surface area contributed by atoms with Crippen LogP contribution in [0.2, 0.25) is 0 Å². The van der Waals surface area contributed by atoms with Crippen LogP contribution in [0.1, 0.15) is 34.2 Å². The maximum atomic E-state index is 13.2. The van der Waals surface area contributed by atoms with Gasteiger partial charge in [0.05, 0.1) is 13.4 Å². The number of thioether (sulfide) groups is 1. The lowest BCUT2D eigenvalue weighted by molar-refractivity contribution is 0.0751. The maximum Gasteiger partial charge on any atom is 0.289 e. The van der Waals surface area contributed by atoms with Crippen molar-refractivity contribution in [2.24, 2.45) is 0 Å². The molecule has 5 nitrogen and oxygen atoms in total. The fourth-order valence-corrected chi connectivity index (χ4v) is 4.75. The zero-order valence-electron chi connectivity index (χ0n) is 18.4. The third kappa shape index (κ3) is 4.30. The van der Waals surface area contributed by atoms with Crippen molar-refractivity contribution in [1.82, 2.24) is 4.90 Å². The van der Waals surface area contributed by atoms with Crippen molar-refractivity contribution in [3.63, 3.8) is 0 Å². The largest absolute Gasteiger partial charge is 0.496 e. The second-order valence-electron chi connectivity index (χ2n) is 7.94. The van der Waals surface area contributed by atoms with Crippen molar-refractivity contribution in [1.29, 1.82) is 0 Å². The van der Waals surface area contributed by atoms with Crippen LogP contribution in [-0.2, 0) is 19.5 Å². The number of anilines is 1. The molecular formula is C25H28N2O3S. The molecule has 6 heteroatoms. The van der Waals surface area contributed by atoms with Crippen molar-refractivity contribution in [2.45, 2.75) is 37.4 Å². The Morgan fingerprint density at radius 1 is 1.26 bits per heavy atom. The number of para-hydroxylation sites is 1. The van der Waals surface area contributed by atoms with Crippen molar-refractivity contribution >= 4 is 23.4 Å². The molecule has 0 spiro atoms. The average molecular weight is 437 g/mol. The van der Waals surface area contributed by atoms with Gasteiger partial charge in [-0.3, -0.25) is 4.79 Å². The topological polar surface area (TPSA) is 45.9 Å². The number of carbonyl (C=O) groups excluding carboxylic acids is 1. The quantitative estimate of drug-likeness (QED) is 0.475. The number of methoxy groups -OCH3 is 1. The van der Waals surface area contributed by atoms with Gasteiger partial charge >= 0.3 is 0 Å². The molecule has 4 rings (SSSR count). The third-order valence-corrected chi connectivity index (χ3v) is 6.62. The van der Waals surface area contributed by atoms with Crippen LogP contribution in [0.15, 0.2) is 64.1 Å². The monoisotopic (exact) mass is 436 g/mol. The highest BCUT2D eigenvalue weighted by atomic mass is 32.2. The summed E-state index contributed by atoms with van der Waals surface area (Å²) in [5.41, 5.74) is 4.52. The first kappa shape index (κ1) is 21.4. The Morgan fingerprint density at radius 3 is 2.84 bits per heavy atom. The van der Waals surface area contributed by atoms with E-state index < -0.39 is 0 Å². The van der Waals surface area contributed by atoms with E-state index in [1.807, 2.05) is 30.5 Å². The number of rotatable bonds is 7.